The number of carbonyl (C=O) groups excluding carboxylic acids is 1. The molecule has 0 spiro atoms. The summed E-state index contributed by atoms with van der Waals surface area (Å²) in [5.41, 5.74) is 0.586. The fourth-order valence-corrected chi connectivity index (χ4v) is 2.97. The maximum atomic E-state index is 12.3. The average molecular weight is 288 g/mol. The van der Waals surface area contributed by atoms with Gasteiger partial charge < -0.3 is 9.80 Å². The van der Waals surface area contributed by atoms with Gasteiger partial charge in [0.05, 0.1) is 5.01 Å². The lowest BCUT2D eigenvalue weighted by Crippen LogP contribution is -2.35. The van der Waals surface area contributed by atoms with Gasteiger partial charge in [0.15, 0.2) is 0 Å². The predicted molar refractivity (Wildman–Crippen MR) is 74.5 cm³/mol. The zero-order valence-corrected chi connectivity index (χ0v) is 12.1. The number of hydrogen-bond donors (Lipinski definition) is 0. The summed E-state index contributed by atoms with van der Waals surface area (Å²) in [6.45, 7) is 6.33. The van der Waals surface area contributed by atoms with E-state index in [1.165, 1.54) is 11.3 Å². The van der Waals surface area contributed by atoms with Gasteiger partial charge in [-0.15, -0.1) is 22.9 Å². The van der Waals surface area contributed by atoms with E-state index in [-0.39, 0.29) is 5.91 Å². The van der Waals surface area contributed by atoms with E-state index in [0.717, 1.165) is 44.2 Å². The molecule has 2 heterocycles. The molecule has 1 aliphatic rings. The molecule has 2 rings (SSSR count). The number of rotatable bonds is 3. The smallest absolute Gasteiger partial charge is 0.273 e. The highest BCUT2D eigenvalue weighted by atomic mass is 35.5. The van der Waals surface area contributed by atoms with E-state index >= 15 is 0 Å². The Labute approximate surface area is 117 Å². The van der Waals surface area contributed by atoms with Crippen LogP contribution in [-0.2, 0) is 0 Å². The molecule has 1 aliphatic heterocycles. The maximum absolute atomic E-state index is 12.3. The van der Waals surface area contributed by atoms with Crippen molar-refractivity contribution in [1.82, 2.24) is 14.8 Å². The third kappa shape index (κ3) is 3.43. The Balaban J connectivity index is 1.95. The normalized spacial score (nSPS) is 17.8. The van der Waals surface area contributed by atoms with Crippen LogP contribution >= 0.6 is 22.9 Å². The molecular weight excluding hydrogens is 270 g/mol. The highest BCUT2D eigenvalue weighted by Crippen LogP contribution is 2.12. The maximum Gasteiger partial charge on any atom is 0.273 e. The Bertz CT molecular complexity index is 410. The molecule has 18 heavy (non-hydrogen) atoms. The van der Waals surface area contributed by atoms with Crippen LogP contribution in [-0.4, -0.2) is 59.3 Å². The van der Waals surface area contributed by atoms with E-state index in [1.54, 1.807) is 0 Å². The lowest BCUT2D eigenvalue weighted by atomic mass is 10.3. The van der Waals surface area contributed by atoms with E-state index in [4.69, 9.17) is 11.6 Å². The number of hydrogen-bond acceptors (Lipinski definition) is 4. The minimum absolute atomic E-state index is 0.0621. The van der Waals surface area contributed by atoms with Crippen molar-refractivity contribution in [3.05, 3.63) is 16.1 Å². The van der Waals surface area contributed by atoms with Gasteiger partial charge in [0.25, 0.3) is 5.91 Å². The molecular formula is C12H18ClN3OS. The molecule has 4 nitrogen and oxygen atoms in total. The monoisotopic (exact) mass is 287 g/mol. The lowest BCUT2D eigenvalue weighted by molar-refractivity contribution is 0.0756. The Morgan fingerprint density at radius 3 is 2.94 bits per heavy atom. The Hall–Kier alpha value is -0.650. The van der Waals surface area contributed by atoms with Crippen molar-refractivity contribution in [2.75, 3.05) is 38.6 Å². The fourth-order valence-electron chi connectivity index (χ4n) is 2.14. The standard InChI is InChI=1S/C12H18ClN3OS/c1-10-14-11(9-18-10)12(17)16-5-2-4-15(6-3-13)7-8-16/h9H,2-8H2,1H3. The van der Waals surface area contributed by atoms with Gasteiger partial charge in [0.1, 0.15) is 5.69 Å². The van der Waals surface area contributed by atoms with Crippen molar-refractivity contribution in [1.29, 1.82) is 0 Å². The van der Waals surface area contributed by atoms with Gasteiger partial charge in [-0.05, 0) is 19.9 Å². The largest absolute Gasteiger partial charge is 0.336 e. The summed E-state index contributed by atoms with van der Waals surface area (Å²) < 4.78 is 0. The zero-order valence-electron chi connectivity index (χ0n) is 10.6. The second-order valence-corrected chi connectivity index (χ2v) is 5.87. The van der Waals surface area contributed by atoms with Crippen molar-refractivity contribution in [3.63, 3.8) is 0 Å². The molecule has 0 unspecified atom stereocenters. The van der Waals surface area contributed by atoms with E-state index in [2.05, 4.69) is 9.88 Å². The quantitative estimate of drug-likeness (QED) is 0.796. The fraction of sp³-hybridized carbons (Fsp3) is 0.667. The number of aromatic nitrogens is 1. The van der Waals surface area contributed by atoms with Crippen molar-refractivity contribution in [3.8, 4) is 0 Å². The molecule has 1 saturated heterocycles. The first-order chi connectivity index (χ1) is 8.70. The number of carbonyl (C=O) groups is 1. The van der Waals surface area contributed by atoms with Gasteiger partial charge in [-0.1, -0.05) is 0 Å². The zero-order chi connectivity index (χ0) is 13.0. The Kier molecular flexibility index (Phi) is 4.97. The van der Waals surface area contributed by atoms with Crippen molar-refractivity contribution >= 4 is 28.8 Å². The molecule has 0 aliphatic carbocycles. The molecule has 6 heteroatoms. The minimum Gasteiger partial charge on any atom is -0.336 e. The number of aryl methyl sites for hydroxylation is 1. The second-order valence-electron chi connectivity index (χ2n) is 4.43. The molecule has 0 bridgehead atoms. The SMILES string of the molecule is Cc1nc(C(=O)N2CCCN(CCCl)CC2)cs1. The van der Waals surface area contributed by atoms with Crippen molar-refractivity contribution in [2.45, 2.75) is 13.3 Å². The minimum atomic E-state index is 0.0621. The van der Waals surface area contributed by atoms with Crippen LogP contribution in [0.25, 0.3) is 0 Å². The van der Waals surface area contributed by atoms with Crippen molar-refractivity contribution in [2.24, 2.45) is 0 Å². The van der Waals surface area contributed by atoms with E-state index in [0.29, 0.717) is 11.6 Å². The van der Waals surface area contributed by atoms with Gasteiger partial charge >= 0.3 is 0 Å². The lowest BCUT2D eigenvalue weighted by Gasteiger charge is -2.20. The molecule has 1 aromatic rings. The third-order valence-electron chi connectivity index (χ3n) is 3.11. The first-order valence-electron chi connectivity index (χ1n) is 6.20. The molecule has 1 amide bonds. The van der Waals surface area contributed by atoms with Crippen LogP contribution in [0.5, 0.6) is 0 Å². The topological polar surface area (TPSA) is 36.4 Å². The summed E-state index contributed by atoms with van der Waals surface area (Å²) >= 11 is 7.28. The molecule has 100 valence electrons. The van der Waals surface area contributed by atoms with Crippen LogP contribution in [0.3, 0.4) is 0 Å². The first-order valence-corrected chi connectivity index (χ1v) is 7.62. The molecule has 1 fully saturated rings. The summed E-state index contributed by atoms with van der Waals surface area (Å²) in [6.07, 6.45) is 1.01. The summed E-state index contributed by atoms with van der Waals surface area (Å²) in [5, 5.41) is 2.79. The highest BCUT2D eigenvalue weighted by Gasteiger charge is 2.21. The number of amides is 1. The second kappa shape index (κ2) is 6.50. The molecule has 0 saturated carbocycles. The van der Waals surface area contributed by atoms with Crippen molar-refractivity contribution < 1.29 is 4.79 Å². The number of halogens is 1. The summed E-state index contributed by atoms with van der Waals surface area (Å²) in [6, 6.07) is 0. The van der Waals surface area contributed by atoms with Gasteiger partial charge in [0.2, 0.25) is 0 Å². The van der Waals surface area contributed by atoms with Crippen LogP contribution in [0.4, 0.5) is 0 Å². The Morgan fingerprint density at radius 1 is 1.44 bits per heavy atom. The molecule has 1 aromatic heterocycles. The van der Waals surface area contributed by atoms with Gasteiger partial charge in [-0.2, -0.15) is 0 Å². The van der Waals surface area contributed by atoms with Crippen LogP contribution in [0.2, 0.25) is 0 Å². The van der Waals surface area contributed by atoms with Gasteiger partial charge in [-0.3, -0.25) is 4.79 Å². The van der Waals surface area contributed by atoms with Gasteiger partial charge in [0, 0.05) is 37.4 Å². The molecule has 0 atom stereocenters. The van der Waals surface area contributed by atoms with Crippen LogP contribution in [0.1, 0.15) is 21.9 Å². The average Bonchev–Trinajstić information content (AvgIpc) is 2.65. The van der Waals surface area contributed by atoms with Gasteiger partial charge in [-0.25, -0.2) is 4.98 Å². The predicted octanol–water partition coefficient (Wildman–Crippen LogP) is 1.84. The van der Waals surface area contributed by atoms with Crippen LogP contribution < -0.4 is 0 Å². The van der Waals surface area contributed by atoms with E-state index in [9.17, 15) is 4.79 Å². The molecule has 0 radical (unpaired) electrons. The number of nitrogens with zero attached hydrogens (tertiary/aromatic N) is 3. The highest BCUT2D eigenvalue weighted by molar-refractivity contribution is 7.09. The number of alkyl halides is 1. The summed E-state index contributed by atoms with van der Waals surface area (Å²) in [5.74, 6) is 0.714. The Morgan fingerprint density at radius 2 is 2.28 bits per heavy atom. The summed E-state index contributed by atoms with van der Waals surface area (Å²) in [4.78, 5) is 20.7. The van der Waals surface area contributed by atoms with Crippen LogP contribution in [0.15, 0.2) is 5.38 Å². The first kappa shape index (κ1) is 13.8. The third-order valence-corrected chi connectivity index (χ3v) is 4.06. The van der Waals surface area contributed by atoms with E-state index in [1.807, 2.05) is 17.2 Å². The number of thiazole rings is 1. The van der Waals surface area contributed by atoms with Crippen LogP contribution in [0, 0.1) is 6.92 Å². The summed E-state index contributed by atoms with van der Waals surface area (Å²) in [7, 11) is 0. The molecule has 0 aromatic carbocycles. The molecule has 0 N–H and O–H groups in total. The van der Waals surface area contributed by atoms with E-state index < -0.39 is 0 Å².